The number of hydrogen-bond acceptors (Lipinski definition) is 2. The Balaban J connectivity index is 1.08. The lowest BCUT2D eigenvalue weighted by atomic mass is 9.88. The molecule has 2 heterocycles. The number of nitrogens with zero attached hydrogens (tertiary/aromatic N) is 3. The Bertz CT molecular complexity index is 3410. The first-order valence-corrected chi connectivity index (χ1v) is 21.1. The molecule has 1 atom stereocenters. The lowest BCUT2D eigenvalue weighted by molar-refractivity contribution is 1.01. The molecule has 0 radical (unpaired) electrons. The molecular weight excluding hydrogens is 739 g/mol. The molecule has 12 rings (SSSR count). The third-order valence-corrected chi connectivity index (χ3v) is 12.6. The van der Waals surface area contributed by atoms with Crippen molar-refractivity contribution in [2.45, 2.75) is 12.3 Å². The summed E-state index contributed by atoms with van der Waals surface area (Å²) in [5.74, 6) is 0.854. The molecule has 0 fully saturated rings. The molecule has 1 aliphatic carbocycles. The highest BCUT2D eigenvalue weighted by Crippen LogP contribution is 2.50. The van der Waals surface area contributed by atoms with Gasteiger partial charge in [0, 0.05) is 39.9 Å². The highest BCUT2D eigenvalue weighted by molar-refractivity contribution is 6.21. The summed E-state index contributed by atoms with van der Waals surface area (Å²) in [6, 6.07) is 76.8. The molecule has 0 saturated heterocycles. The summed E-state index contributed by atoms with van der Waals surface area (Å²) in [6.07, 6.45) is 2.94. The summed E-state index contributed by atoms with van der Waals surface area (Å²) in [5, 5.41) is 4.76. The summed E-state index contributed by atoms with van der Waals surface area (Å²) in [6.45, 7) is 0. The van der Waals surface area contributed by atoms with Gasteiger partial charge in [-0.1, -0.05) is 194 Å². The first-order chi connectivity index (χ1) is 30.3. The number of hydrogen-bond donors (Lipinski definition) is 0. The molecule has 0 N–H and O–H groups in total. The summed E-state index contributed by atoms with van der Waals surface area (Å²) in [5.41, 5.74) is 17.5. The van der Waals surface area contributed by atoms with Gasteiger partial charge < -0.3 is 4.57 Å². The summed E-state index contributed by atoms with van der Waals surface area (Å²) in [4.78, 5) is 10.8. The highest BCUT2D eigenvalue weighted by Gasteiger charge is 2.31. The minimum atomic E-state index is 0.142. The molecule has 0 bridgehead atoms. The second-order valence-corrected chi connectivity index (χ2v) is 16.0. The van der Waals surface area contributed by atoms with Crippen LogP contribution in [0.4, 0.5) is 0 Å². The quantitative estimate of drug-likeness (QED) is 0.161. The van der Waals surface area contributed by atoms with Gasteiger partial charge in [0.15, 0.2) is 5.84 Å². The Morgan fingerprint density at radius 3 is 1.85 bits per heavy atom. The minimum absolute atomic E-state index is 0.142. The first kappa shape index (κ1) is 35.1. The lowest BCUT2D eigenvalue weighted by Crippen LogP contribution is -2.04. The van der Waals surface area contributed by atoms with Crippen molar-refractivity contribution in [3.63, 3.8) is 0 Å². The van der Waals surface area contributed by atoms with E-state index in [0.29, 0.717) is 12.3 Å². The molecule has 9 aromatic carbocycles. The van der Waals surface area contributed by atoms with Crippen LogP contribution in [-0.4, -0.2) is 16.1 Å². The maximum absolute atomic E-state index is 5.53. The van der Waals surface area contributed by atoms with Gasteiger partial charge in [0.2, 0.25) is 0 Å². The van der Waals surface area contributed by atoms with E-state index in [4.69, 9.17) is 9.98 Å². The SMILES string of the molecule is C1=C(c2c3ccccc3cc3c4ccccc4n(-c4ccc5c(c4)-c4ccccc4C5c4ccc(-c5ccccc5)cc4)c23)N=C(c2ccccc2)N=C(c2ccccc2)C1. The van der Waals surface area contributed by atoms with Crippen molar-refractivity contribution in [1.29, 1.82) is 0 Å². The number of allylic oxidation sites excluding steroid dienone is 1. The van der Waals surface area contributed by atoms with Gasteiger partial charge in [0.05, 0.1) is 22.4 Å². The molecular formula is C58H39N3. The van der Waals surface area contributed by atoms with Crippen LogP contribution in [0.25, 0.3) is 66.2 Å². The molecule has 3 heteroatoms. The van der Waals surface area contributed by atoms with Crippen molar-refractivity contribution in [1.82, 2.24) is 4.57 Å². The molecule has 1 aromatic heterocycles. The molecule has 61 heavy (non-hydrogen) atoms. The standard InChI is InChI=1S/C58H39N3/c1-4-16-38(17-5-1)39-28-30-41(31-29-39)55-48-26-13-12-24-46(48)50-37-44(32-33-49(50)55)61-54-27-15-14-25-47(54)51-36-43-22-10-11-23-45(43)56(57(51)61)53-35-34-52(40-18-6-2-7-19-40)59-58(60-53)42-20-8-3-9-21-42/h1-33,35-37,55H,34H2. The monoisotopic (exact) mass is 777 g/mol. The average Bonchev–Trinajstić information content (AvgIpc) is 3.73. The molecule has 1 aliphatic heterocycles. The maximum Gasteiger partial charge on any atom is 0.160 e. The van der Waals surface area contributed by atoms with Crippen LogP contribution in [0.15, 0.2) is 228 Å². The largest absolute Gasteiger partial charge is 0.309 e. The highest BCUT2D eigenvalue weighted by atomic mass is 15.0. The second-order valence-electron chi connectivity index (χ2n) is 16.0. The predicted octanol–water partition coefficient (Wildman–Crippen LogP) is 14.4. The summed E-state index contributed by atoms with van der Waals surface area (Å²) in [7, 11) is 0. The van der Waals surface area contributed by atoms with Gasteiger partial charge in [0.25, 0.3) is 0 Å². The predicted molar refractivity (Wildman–Crippen MR) is 255 cm³/mol. The number of aliphatic imine (C=N–C) groups is 2. The van der Waals surface area contributed by atoms with Crippen LogP contribution >= 0.6 is 0 Å². The third-order valence-electron chi connectivity index (χ3n) is 12.6. The summed E-state index contributed by atoms with van der Waals surface area (Å²) < 4.78 is 2.49. The van der Waals surface area contributed by atoms with E-state index in [2.05, 4.69) is 217 Å². The van der Waals surface area contributed by atoms with E-state index >= 15 is 0 Å². The van der Waals surface area contributed by atoms with Gasteiger partial charge >= 0.3 is 0 Å². The second kappa shape index (κ2) is 14.4. The number of aromatic nitrogens is 1. The van der Waals surface area contributed by atoms with Crippen molar-refractivity contribution in [2.24, 2.45) is 9.98 Å². The summed E-state index contributed by atoms with van der Waals surface area (Å²) >= 11 is 0. The van der Waals surface area contributed by atoms with E-state index < -0.39 is 0 Å². The number of para-hydroxylation sites is 1. The Morgan fingerprint density at radius 1 is 0.443 bits per heavy atom. The molecule has 286 valence electrons. The molecule has 0 amide bonds. The Labute approximate surface area is 355 Å². The van der Waals surface area contributed by atoms with Crippen molar-refractivity contribution in [2.75, 3.05) is 0 Å². The number of amidine groups is 1. The smallest absolute Gasteiger partial charge is 0.160 e. The van der Waals surface area contributed by atoms with Gasteiger partial charge in [-0.3, -0.25) is 0 Å². The van der Waals surface area contributed by atoms with Crippen LogP contribution in [-0.2, 0) is 0 Å². The van der Waals surface area contributed by atoms with Gasteiger partial charge in [-0.25, -0.2) is 9.98 Å². The first-order valence-electron chi connectivity index (χ1n) is 21.1. The number of benzene rings is 9. The van der Waals surface area contributed by atoms with Gasteiger partial charge in [-0.05, 0) is 79.5 Å². The number of rotatable bonds is 6. The molecule has 2 aliphatic rings. The average molecular weight is 778 g/mol. The van der Waals surface area contributed by atoms with Crippen molar-refractivity contribution in [3.8, 4) is 27.9 Å². The fraction of sp³-hybridized carbons (Fsp3) is 0.0345. The van der Waals surface area contributed by atoms with E-state index in [1.165, 1.54) is 55.1 Å². The van der Waals surface area contributed by atoms with Crippen LogP contribution in [0.2, 0.25) is 0 Å². The van der Waals surface area contributed by atoms with Crippen molar-refractivity contribution in [3.05, 3.63) is 252 Å². The van der Waals surface area contributed by atoms with Crippen molar-refractivity contribution < 1.29 is 0 Å². The molecule has 10 aromatic rings. The van der Waals surface area contributed by atoms with Crippen LogP contribution < -0.4 is 0 Å². The molecule has 1 unspecified atom stereocenters. The van der Waals surface area contributed by atoms with Crippen LogP contribution in [0.1, 0.15) is 45.7 Å². The molecule has 0 spiro atoms. The Morgan fingerprint density at radius 2 is 1.07 bits per heavy atom. The minimum Gasteiger partial charge on any atom is -0.309 e. The maximum atomic E-state index is 5.53. The zero-order chi connectivity index (χ0) is 40.3. The fourth-order valence-electron chi connectivity index (χ4n) is 9.74. The topological polar surface area (TPSA) is 29.6 Å². The van der Waals surface area contributed by atoms with Crippen molar-refractivity contribution >= 4 is 49.8 Å². The van der Waals surface area contributed by atoms with Crippen LogP contribution in [0, 0.1) is 0 Å². The zero-order valence-corrected chi connectivity index (χ0v) is 33.4. The van der Waals surface area contributed by atoms with Gasteiger partial charge in [0.1, 0.15) is 0 Å². The Hall–Kier alpha value is -7.88. The van der Waals surface area contributed by atoms with Gasteiger partial charge in [-0.15, -0.1) is 0 Å². The third kappa shape index (κ3) is 5.89. The molecule has 3 nitrogen and oxygen atoms in total. The van der Waals surface area contributed by atoms with Crippen LogP contribution in [0.5, 0.6) is 0 Å². The van der Waals surface area contributed by atoms with E-state index in [1.807, 2.05) is 6.07 Å². The lowest BCUT2D eigenvalue weighted by Gasteiger charge is -2.17. The number of fused-ring (bicyclic) bond motifs is 7. The Kier molecular flexibility index (Phi) is 8.31. The fourth-order valence-corrected chi connectivity index (χ4v) is 9.74. The van der Waals surface area contributed by atoms with E-state index in [1.54, 1.807) is 0 Å². The zero-order valence-electron chi connectivity index (χ0n) is 33.4. The normalized spacial score (nSPS) is 14.6. The van der Waals surface area contributed by atoms with E-state index in [0.717, 1.165) is 50.2 Å². The van der Waals surface area contributed by atoms with E-state index in [-0.39, 0.29) is 5.92 Å². The van der Waals surface area contributed by atoms with E-state index in [9.17, 15) is 0 Å². The van der Waals surface area contributed by atoms with Gasteiger partial charge in [-0.2, -0.15) is 0 Å². The van der Waals surface area contributed by atoms with Crippen LogP contribution in [0.3, 0.4) is 0 Å². The molecule has 0 saturated carbocycles.